The van der Waals surface area contributed by atoms with Crippen LogP contribution >= 0.6 is 0 Å². The molecule has 0 spiro atoms. The molecule has 0 aromatic heterocycles. The molecule has 0 bridgehead atoms. The molecule has 0 aliphatic rings. The summed E-state index contributed by atoms with van der Waals surface area (Å²) >= 11 is 0. The zero-order valence-electron chi connectivity index (χ0n) is 12.9. The Bertz CT molecular complexity index is 639. The molecule has 106 valence electrons. The molecular weight excluding hydrogens is 248 g/mol. The Morgan fingerprint density at radius 2 is 1.70 bits per heavy atom. The minimum atomic E-state index is -0.271. The van der Waals surface area contributed by atoms with Gasteiger partial charge < -0.3 is 4.74 Å². The zero-order chi connectivity index (χ0) is 14.9. The highest BCUT2D eigenvalue weighted by Gasteiger charge is 2.14. The number of carbonyl (C=O) groups is 1. The van der Waals surface area contributed by atoms with Crippen LogP contribution in [-0.2, 0) is 4.79 Å². The third-order valence-electron chi connectivity index (χ3n) is 3.56. The lowest BCUT2D eigenvalue weighted by Crippen LogP contribution is -2.05. The van der Waals surface area contributed by atoms with Crippen molar-refractivity contribution in [3.63, 3.8) is 0 Å². The summed E-state index contributed by atoms with van der Waals surface area (Å²) in [6.07, 6.45) is 0. The molecule has 0 saturated carbocycles. The van der Waals surface area contributed by atoms with Crippen molar-refractivity contribution in [2.24, 2.45) is 0 Å². The van der Waals surface area contributed by atoms with Gasteiger partial charge >= 0.3 is 5.97 Å². The molecule has 2 aromatic carbocycles. The molecule has 2 nitrogen and oxygen atoms in total. The average molecular weight is 270 g/mol. The van der Waals surface area contributed by atoms with Gasteiger partial charge in [0.2, 0.25) is 0 Å². The number of benzene rings is 2. The molecule has 0 heterocycles. The molecule has 0 radical (unpaired) electrons. The van der Waals surface area contributed by atoms with E-state index in [-0.39, 0.29) is 5.97 Å². The highest BCUT2D eigenvalue weighted by Crippen LogP contribution is 2.35. The molecule has 0 saturated heterocycles. The molecule has 2 aromatic rings. The molecule has 0 aliphatic carbocycles. The van der Waals surface area contributed by atoms with Crippen LogP contribution in [0.3, 0.4) is 0 Å². The van der Waals surface area contributed by atoms with Crippen LogP contribution in [0.2, 0.25) is 0 Å². The first-order chi connectivity index (χ1) is 9.40. The monoisotopic (exact) mass is 270 g/mol. The number of rotatable bonds is 3. The number of carbonyl (C=O) groups excluding carboxylic acids is 1. The van der Waals surface area contributed by atoms with Crippen LogP contribution in [0.1, 0.15) is 57.6 Å². The number of fused-ring (bicyclic) bond motifs is 1. The van der Waals surface area contributed by atoms with Gasteiger partial charge in [-0.15, -0.1) is 0 Å². The van der Waals surface area contributed by atoms with Gasteiger partial charge in [-0.25, -0.2) is 0 Å². The van der Waals surface area contributed by atoms with Gasteiger partial charge in [0.15, 0.2) is 0 Å². The van der Waals surface area contributed by atoms with Crippen LogP contribution in [0.15, 0.2) is 30.3 Å². The third-order valence-corrected chi connectivity index (χ3v) is 3.56. The summed E-state index contributed by atoms with van der Waals surface area (Å²) in [5, 5.41) is 2.13. The maximum absolute atomic E-state index is 11.4. The number of esters is 1. The molecule has 0 unspecified atom stereocenters. The summed E-state index contributed by atoms with van der Waals surface area (Å²) in [7, 11) is 0. The van der Waals surface area contributed by atoms with Crippen LogP contribution < -0.4 is 4.74 Å². The van der Waals surface area contributed by atoms with Crippen molar-refractivity contribution in [1.29, 1.82) is 0 Å². The molecule has 0 aliphatic heterocycles. The summed E-state index contributed by atoms with van der Waals surface area (Å²) in [5.74, 6) is 1.24. The largest absolute Gasteiger partial charge is 0.426 e. The highest BCUT2D eigenvalue weighted by atomic mass is 16.5. The first kappa shape index (κ1) is 14.6. The van der Waals surface area contributed by atoms with E-state index in [1.54, 1.807) is 0 Å². The van der Waals surface area contributed by atoms with Gasteiger partial charge in [-0.05, 0) is 28.3 Å². The van der Waals surface area contributed by atoms with Crippen LogP contribution in [0.5, 0.6) is 5.75 Å². The Morgan fingerprint density at radius 3 is 2.25 bits per heavy atom. The van der Waals surface area contributed by atoms with E-state index < -0.39 is 0 Å². The van der Waals surface area contributed by atoms with Crippen LogP contribution in [0.25, 0.3) is 10.8 Å². The molecular formula is C18H22O2. The Morgan fingerprint density at radius 1 is 1.00 bits per heavy atom. The fourth-order valence-electron chi connectivity index (χ4n) is 2.41. The first-order valence-corrected chi connectivity index (χ1v) is 7.15. The predicted molar refractivity (Wildman–Crippen MR) is 83.4 cm³/mol. The van der Waals surface area contributed by atoms with Gasteiger partial charge in [-0.1, -0.05) is 58.0 Å². The van der Waals surface area contributed by atoms with E-state index in [4.69, 9.17) is 4.74 Å². The second-order valence-electron chi connectivity index (χ2n) is 5.87. The second kappa shape index (κ2) is 5.66. The molecule has 0 fully saturated rings. The van der Waals surface area contributed by atoms with Crippen LogP contribution in [-0.4, -0.2) is 5.97 Å². The molecule has 0 atom stereocenters. The van der Waals surface area contributed by atoms with E-state index in [9.17, 15) is 4.79 Å². The predicted octanol–water partition coefficient (Wildman–Crippen LogP) is 5.01. The summed E-state index contributed by atoms with van der Waals surface area (Å²) in [4.78, 5) is 11.4. The topological polar surface area (TPSA) is 26.3 Å². The minimum absolute atomic E-state index is 0.271. The van der Waals surface area contributed by atoms with Gasteiger partial charge in [0.05, 0.1) is 0 Å². The van der Waals surface area contributed by atoms with Crippen molar-refractivity contribution in [1.82, 2.24) is 0 Å². The van der Waals surface area contributed by atoms with Crippen molar-refractivity contribution in [2.75, 3.05) is 0 Å². The Kier molecular flexibility index (Phi) is 4.12. The Hall–Kier alpha value is -1.83. The minimum Gasteiger partial charge on any atom is -0.426 e. The fourth-order valence-corrected chi connectivity index (χ4v) is 2.41. The maximum atomic E-state index is 11.4. The number of hydrogen-bond donors (Lipinski definition) is 0. The normalized spacial score (nSPS) is 11.3. The van der Waals surface area contributed by atoms with Crippen molar-refractivity contribution in [2.45, 2.75) is 46.5 Å². The smallest absolute Gasteiger partial charge is 0.308 e. The molecule has 20 heavy (non-hydrogen) atoms. The van der Waals surface area contributed by atoms with E-state index >= 15 is 0 Å². The van der Waals surface area contributed by atoms with E-state index in [1.807, 2.05) is 0 Å². The van der Waals surface area contributed by atoms with Crippen LogP contribution in [0.4, 0.5) is 0 Å². The molecule has 2 heteroatoms. The fraction of sp³-hybridized carbons (Fsp3) is 0.389. The Labute approximate surface area is 120 Å². The SMILES string of the molecule is CC(=O)Oc1c(C(C)C)ccc2cc(C(C)C)ccc12. The van der Waals surface area contributed by atoms with Gasteiger partial charge in [0, 0.05) is 12.3 Å². The van der Waals surface area contributed by atoms with Crippen LogP contribution in [0, 0.1) is 0 Å². The second-order valence-corrected chi connectivity index (χ2v) is 5.87. The van der Waals surface area contributed by atoms with Gasteiger partial charge in [-0.3, -0.25) is 4.79 Å². The maximum Gasteiger partial charge on any atom is 0.308 e. The number of ether oxygens (including phenoxy) is 1. The molecule has 0 amide bonds. The molecule has 0 N–H and O–H groups in total. The number of hydrogen-bond acceptors (Lipinski definition) is 2. The van der Waals surface area contributed by atoms with Crippen molar-refractivity contribution in [3.05, 3.63) is 41.5 Å². The van der Waals surface area contributed by atoms with Crippen molar-refractivity contribution >= 4 is 16.7 Å². The van der Waals surface area contributed by atoms with E-state index in [0.717, 1.165) is 16.3 Å². The first-order valence-electron chi connectivity index (χ1n) is 7.15. The summed E-state index contributed by atoms with van der Waals surface area (Å²) in [5.41, 5.74) is 2.37. The quantitative estimate of drug-likeness (QED) is 0.578. The summed E-state index contributed by atoms with van der Waals surface area (Å²) in [6, 6.07) is 10.5. The lowest BCUT2D eigenvalue weighted by molar-refractivity contribution is -0.131. The van der Waals surface area contributed by atoms with Gasteiger partial charge in [0.1, 0.15) is 5.75 Å². The lowest BCUT2D eigenvalue weighted by Gasteiger charge is -2.16. The summed E-state index contributed by atoms with van der Waals surface area (Å²) in [6.45, 7) is 10.0. The lowest BCUT2D eigenvalue weighted by atomic mass is 9.94. The van der Waals surface area contributed by atoms with Crippen molar-refractivity contribution in [3.8, 4) is 5.75 Å². The van der Waals surface area contributed by atoms with Gasteiger partial charge in [-0.2, -0.15) is 0 Å². The standard InChI is InChI=1S/C18H22O2/c1-11(2)14-6-9-17-15(10-14)7-8-16(12(3)4)18(17)20-13(5)19/h6-12H,1-5H3. The van der Waals surface area contributed by atoms with Crippen molar-refractivity contribution < 1.29 is 9.53 Å². The van der Waals surface area contributed by atoms with E-state index in [2.05, 4.69) is 58.0 Å². The zero-order valence-corrected chi connectivity index (χ0v) is 12.9. The summed E-state index contributed by atoms with van der Waals surface area (Å²) < 4.78 is 5.48. The molecule has 2 rings (SSSR count). The van der Waals surface area contributed by atoms with E-state index in [1.165, 1.54) is 12.5 Å². The highest BCUT2D eigenvalue weighted by molar-refractivity contribution is 5.92. The van der Waals surface area contributed by atoms with E-state index in [0.29, 0.717) is 17.6 Å². The third kappa shape index (κ3) is 2.84. The van der Waals surface area contributed by atoms with Gasteiger partial charge in [0.25, 0.3) is 0 Å². The Balaban J connectivity index is 2.67. The average Bonchev–Trinajstić information content (AvgIpc) is 2.37.